The van der Waals surface area contributed by atoms with Crippen molar-refractivity contribution in [3.63, 3.8) is 0 Å². The molecule has 218 valence electrons. The average molecular weight is 575 g/mol. The number of phosphoric acid groups is 1. The lowest BCUT2D eigenvalue weighted by molar-refractivity contribution is -0.125. The largest absolute Gasteiger partial charge is 0.474 e. The third-order valence-electron chi connectivity index (χ3n) is 5.90. The number of ether oxygens (including phenoxy) is 2. The van der Waals surface area contributed by atoms with Gasteiger partial charge in [-0.3, -0.25) is 23.2 Å². The molecule has 0 aliphatic carbocycles. The third-order valence-corrected chi connectivity index (χ3v) is 7.53. The molecule has 1 unspecified atom stereocenters. The van der Waals surface area contributed by atoms with E-state index in [1.165, 1.54) is 7.11 Å². The molecule has 10 nitrogen and oxygen atoms in total. The number of nitrogens with one attached hydrogen (secondary N) is 1. The first kappa shape index (κ1) is 31.7. The molecule has 40 heavy (non-hydrogen) atoms. The number of phosphoric ester groups is 1. The summed E-state index contributed by atoms with van der Waals surface area (Å²) in [6, 6.07) is 15.8. The smallest absolute Gasteiger partial charge is 0.377 e. The van der Waals surface area contributed by atoms with Crippen LogP contribution in [-0.4, -0.2) is 64.6 Å². The van der Waals surface area contributed by atoms with Crippen molar-refractivity contribution in [1.29, 1.82) is 0 Å². The van der Waals surface area contributed by atoms with Gasteiger partial charge in [0.15, 0.2) is 0 Å². The van der Waals surface area contributed by atoms with Crippen LogP contribution in [0.3, 0.4) is 0 Å². The molecule has 2 aromatic rings. The predicted molar refractivity (Wildman–Crippen MR) is 154 cm³/mol. The summed E-state index contributed by atoms with van der Waals surface area (Å²) in [6.07, 6.45) is 3.97. The van der Waals surface area contributed by atoms with Gasteiger partial charge in [0.2, 0.25) is 11.8 Å². The Morgan fingerprint density at radius 1 is 0.900 bits per heavy atom. The minimum absolute atomic E-state index is 0.0544. The molecule has 0 saturated carbocycles. The highest BCUT2D eigenvalue weighted by Gasteiger charge is 2.26. The highest BCUT2D eigenvalue weighted by Crippen LogP contribution is 2.49. The van der Waals surface area contributed by atoms with Crippen LogP contribution in [-0.2, 0) is 43.7 Å². The van der Waals surface area contributed by atoms with E-state index in [1.54, 1.807) is 18.7 Å². The summed E-state index contributed by atoms with van der Waals surface area (Å²) in [6.45, 7) is 5.43. The fourth-order valence-electron chi connectivity index (χ4n) is 3.99. The lowest BCUT2D eigenvalue weighted by atomic mass is 10.0. The van der Waals surface area contributed by atoms with Gasteiger partial charge >= 0.3 is 7.82 Å². The number of para-hydroxylation sites is 1. The number of benzene rings is 2. The lowest BCUT2D eigenvalue weighted by Gasteiger charge is -2.27. The standard InChI is InChI=1S/C29H39N2O8P/c1-23(2)39-40(34,35-3)38-21-20-37-19-18-36-17-16-30-28(32)14-15-29(33)31-22-26-10-5-4-8-24(26)12-13-25-9-6-7-11-27(25)31/h4-13,23H,14-22H2,1-3H3,(H,30,32). The van der Waals surface area contributed by atoms with Crippen LogP contribution >= 0.6 is 7.82 Å². The van der Waals surface area contributed by atoms with E-state index in [9.17, 15) is 14.2 Å². The van der Waals surface area contributed by atoms with Crippen LogP contribution in [0, 0.1) is 0 Å². The Balaban J connectivity index is 1.32. The Labute approximate surface area is 236 Å². The molecule has 0 fully saturated rings. The summed E-state index contributed by atoms with van der Waals surface area (Å²) in [5.74, 6) is -0.320. The zero-order chi connectivity index (χ0) is 28.8. The van der Waals surface area contributed by atoms with Gasteiger partial charge in [-0.1, -0.05) is 54.6 Å². The second kappa shape index (κ2) is 16.4. The first-order valence-corrected chi connectivity index (χ1v) is 14.8. The monoisotopic (exact) mass is 574 g/mol. The molecule has 1 aliphatic heterocycles. The van der Waals surface area contributed by atoms with Crippen LogP contribution in [0.15, 0.2) is 48.5 Å². The number of amides is 2. The lowest BCUT2D eigenvalue weighted by Crippen LogP contribution is -2.33. The molecule has 0 spiro atoms. The van der Waals surface area contributed by atoms with Crippen molar-refractivity contribution in [1.82, 2.24) is 5.32 Å². The Morgan fingerprint density at radius 3 is 2.30 bits per heavy atom. The SMILES string of the molecule is COP(=O)(OCCOCCOCCNC(=O)CCC(=O)N1Cc2ccccc2C=Cc2ccccc21)OC(C)C. The van der Waals surface area contributed by atoms with Crippen molar-refractivity contribution >= 4 is 37.5 Å². The molecule has 2 aromatic carbocycles. The molecule has 3 rings (SSSR count). The molecule has 0 bridgehead atoms. The molecule has 0 saturated heterocycles. The highest BCUT2D eigenvalue weighted by atomic mass is 31.2. The maximum absolute atomic E-state index is 13.2. The molecule has 1 aliphatic rings. The minimum atomic E-state index is -3.57. The summed E-state index contributed by atoms with van der Waals surface area (Å²) in [4.78, 5) is 27.3. The number of anilines is 1. The van der Waals surface area contributed by atoms with Crippen LogP contribution < -0.4 is 10.2 Å². The van der Waals surface area contributed by atoms with Crippen LogP contribution in [0.2, 0.25) is 0 Å². The second-order valence-electron chi connectivity index (χ2n) is 9.26. The molecule has 0 radical (unpaired) electrons. The molecule has 1 heterocycles. The van der Waals surface area contributed by atoms with Crippen molar-refractivity contribution in [2.45, 2.75) is 39.3 Å². The van der Waals surface area contributed by atoms with Gasteiger partial charge in [-0.25, -0.2) is 4.57 Å². The van der Waals surface area contributed by atoms with Crippen LogP contribution in [0.5, 0.6) is 0 Å². The molecular formula is C29H39N2O8P. The van der Waals surface area contributed by atoms with Crippen LogP contribution in [0.25, 0.3) is 12.2 Å². The number of carbonyl (C=O) groups excluding carboxylic acids is 2. The van der Waals surface area contributed by atoms with Crippen molar-refractivity contribution < 1.29 is 37.2 Å². The molecule has 1 atom stereocenters. The normalized spacial score (nSPS) is 14.2. The van der Waals surface area contributed by atoms with Gasteiger partial charge in [0.25, 0.3) is 0 Å². The van der Waals surface area contributed by atoms with E-state index in [-0.39, 0.29) is 44.0 Å². The summed E-state index contributed by atoms with van der Waals surface area (Å²) in [5, 5.41) is 2.78. The van der Waals surface area contributed by atoms with Crippen LogP contribution in [0.4, 0.5) is 5.69 Å². The summed E-state index contributed by atoms with van der Waals surface area (Å²) >= 11 is 0. The first-order valence-electron chi connectivity index (χ1n) is 13.4. The number of hydrogen-bond donors (Lipinski definition) is 1. The van der Waals surface area contributed by atoms with Crippen molar-refractivity contribution in [2.24, 2.45) is 0 Å². The first-order chi connectivity index (χ1) is 19.3. The van der Waals surface area contributed by atoms with E-state index in [1.807, 2.05) is 54.6 Å². The second-order valence-corrected chi connectivity index (χ2v) is 11.0. The van der Waals surface area contributed by atoms with E-state index in [0.717, 1.165) is 22.4 Å². The van der Waals surface area contributed by atoms with Gasteiger partial charge in [0.05, 0.1) is 51.4 Å². The predicted octanol–water partition coefficient (Wildman–Crippen LogP) is 4.83. The van der Waals surface area contributed by atoms with Crippen molar-refractivity contribution in [2.75, 3.05) is 51.6 Å². The minimum Gasteiger partial charge on any atom is -0.377 e. The maximum atomic E-state index is 13.2. The summed E-state index contributed by atoms with van der Waals surface area (Å²) in [5.41, 5.74) is 3.91. The van der Waals surface area contributed by atoms with Gasteiger partial charge < -0.3 is 19.7 Å². The van der Waals surface area contributed by atoms with E-state index in [4.69, 9.17) is 23.0 Å². The zero-order valence-corrected chi connectivity index (χ0v) is 24.3. The highest BCUT2D eigenvalue weighted by molar-refractivity contribution is 7.48. The Bertz CT molecular complexity index is 1190. The van der Waals surface area contributed by atoms with Gasteiger partial charge in [-0.15, -0.1) is 0 Å². The molecular weight excluding hydrogens is 535 g/mol. The van der Waals surface area contributed by atoms with Crippen molar-refractivity contribution in [3.8, 4) is 0 Å². The van der Waals surface area contributed by atoms with E-state index in [2.05, 4.69) is 11.4 Å². The molecule has 2 amide bonds. The van der Waals surface area contributed by atoms with E-state index >= 15 is 0 Å². The summed E-state index contributed by atoms with van der Waals surface area (Å²) < 4.78 is 38.1. The molecule has 11 heteroatoms. The van der Waals surface area contributed by atoms with Crippen molar-refractivity contribution in [3.05, 3.63) is 65.2 Å². The van der Waals surface area contributed by atoms with Gasteiger partial charge in [0, 0.05) is 26.5 Å². The number of hydrogen-bond acceptors (Lipinski definition) is 8. The Hall–Kier alpha value is -2.85. The number of carbonyl (C=O) groups is 2. The number of nitrogens with zero attached hydrogens (tertiary/aromatic N) is 1. The quantitative estimate of drug-likeness (QED) is 0.224. The maximum Gasteiger partial charge on any atom is 0.474 e. The van der Waals surface area contributed by atoms with Gasteiger partial charge in [0.1, 0.15) is 0 Å². The average Bonchev–Trinajstić information content (AvgIpc) is 2.93. The zero-order valence-electron chi connectivity index (χ0n) is 23.4. The van der Waals surface area contributed by atoms with Gasteiger partial charge in [-0.05, 0) is 36.6 Å². The topological polar surface area (TPSA) is 113 Å². The van der Waals surface area contributed by atoms with Crippen LogP contribution in [0.1, 0.15) is 43.4 Å². The third kappa shape index (κ3) is 10.3. The van der Waals surface area contributed by atoms with E-state index < -0.39 is 7.82 Å². The van der Waals surface area contributed by atoms with Gasteiger partial charge in [-0.2, -0.15) is 0 Å². The summed E-state index contributed by atoms with van der Waals surface area (Å²) in [7, 11) is -2.30. The van der Waals surface area contributed by atoms with E-state index in [0.29, 0.717) is 32.9 Å². The fraction of sp³-hybridized carbons (Fsp3) is 0.448. The number of fused-ring (bicyclic) bond motifs is 2. The Morgan fingerprint density at radius 2 is 1.55 bits per heavy atom. The molecule has 1 N–H and O–H groups in total. The molecule has 0 aromatic heterocycles. The Kier molecular flexibility index (Phi) is 13.0. The fourth-order valence-corrected chi connectivity index (χ4v) is 5.06. The number of rotatable bonds is 16.